The van der Waals surface area contributed by atoms with Crippen LogP contribution in [0.1, 0.15) is 11.5 Å². The van der Waals surface area contributed by atoms with Gasteiger partial charge in [0.25, 0.3) is 5.82 Å². The molecule has 14 heavy (non-hydrogen) atoms. The van der Waals surface area contributed by atoms with E-state index in [1.165, 1.54) is 6.33 Å². The van der Waals surface area contributed by atoms with Crippen molar-refractivity contribution in [2.75, 3.05) is 0 Å². The highest BCUT2D eigenvalue weighted by molar-refractivity contribution is 5.06. The van der Waals surface area contributed by atoms with Crippen molar-refractivity contribution in [3.05, 3.63) is 36.4 Å². The number of nitrogens with zero attached hydrogens (tertiary/aromatic N) is 6. The van der Waals surface area contributed by atoms with E-state index >= 15 is 0 Å². The average molecular weight is 186 g/mol. The molecule has 6 heteroatoms. The van der Waals surface area contributed by atoms with Crippen LogP contribution in [0, 0.1) is 11.3 Å². The molecule has 2 aromatic heterocycles. The first-order valence-electron chi connectivity index (χ1n) is 3.93. The number of nitriles is 1. The van der Waals surface area contributed by atoms with E-state index in [-0.39, 0.29) is 5.82 Å². The molecule has 0 radical (unpaired) electrons. The molecule has 0 fully saturated rings. The van der Waals surface area contributed by atoms with Gasteiger partial charge in [-0.15, -0.1) is 5.10 Å². The van der Waals surface area contributed by atoms with Crippen LogP contribution < -0.4 is 0 Å². The minimum absolute atomic E-state index is 0.161. The minimum atomic E-state index is 0.161. The van der Waals surface area contributed by atoms with Gasteiger partial charge in [-0.3, -0.25) is 9.97 Å². The fourth-order valence-corrected chi connectivity index (χ4v) is 1.000. The summed E-state index contributed by atoms with van der Waals surface area (Å²) in [7, 11) is 0. The number of rotatable bonds is 2. The molecule has 0 spiro atoms. The Morgan fingerprint density at radius 3 is 2.93 bits per heavy atom. The predicted octanol–water partition coefficient (Wildman–Crippen LogP) is -0.0119. The van der Waals surface area contributed by atoms with Crippen molar-refractivity contribution in [1.82, 2.24) is 24.7 Å². The largest absolute Gasteiger partial charge is 0.261 e. The molecule has 0 N–H and O–H groups in total. The van der Waals surface area contributed by atoms with Gasteiger partial charge >= 0.3 is 0 Å². The first-order chi connectivity index (χ1) is 6.88. The standard InChI is InChI=1S/C8H6N6/c9-3-8-12-6-14(13-8)5-7-4-10-1-2-11-7/h1-2,4,6H,5H2. The third-order valence-electron chi connectivity index (χ3n) is 1.58. The van der Waals surface area contributed by atoms with Crippen molar-refractivity contribution < 1.29 is 0 Å². The summed E-state index contributed by atoms with van der Waals surface area (Å²) in [5, 5.41) is 12.4. The lowest BCUT2D eigenvalue weighted by Gasteiger charge is -1.97. The molecule has 0 unspecified atom stereocenters. The second kappa shape index (κ2) is 3.62. The van der Waals surface area contributed by atoms with Crippen LogP contribution in [-0.4, -0.2) is 24.7 Å². The van der Waals surface area contributed by atoms with E-state index in [9.17, 15) is 0 Å². The Balaban J connectivity index is 2.16. The van der Waals surface area contributed by atoms with Crippen molar-refractivity contribution in [3.63, 3.8) is 0 Å². The lowest BCUT2D eigenvalue weighted by Crippen LogP contribution is -2.02. The van der Waals surface area contributed by atoms with Crippen molar-refractivity contribution >= 4 is 0 Å². The summed E-state index contributed by atoms with van der Waals surface area (Å²) in [5.41, 5.74) is 0.780. The summed E-state index contributed by atoms with van der Waals surface area (Å²) in [6.45, 7) is 0.475. The van der Waals surface area contributed by atoms with E-state index < -0.39 is 0 Å². The van der Waals surface area contributed by atoms with Crippen molar-refractivity contribution in [2.24, 2.45) is 0 Å². The number of hydrogen-bond acceptors (Lipinski definition) is 5. The van der Waals surface area contributed by atoms with Crippen molar-refractivity contribution in [3.8, 4) is 6.07 Å². The van der Waals surface area contributed by atoms with Gasteiger partial charge in [-0.2, -0.15) is 5.26 Å². The van der Waals surface area contributed by atoms with Gasteiger partial charge in [0, 0.05) is 12.4 Å². The molecule has 0 amide bonds. The molecule has 2 rings (SSSR count). The fourth-order valence-electron chi connectivity index (χ4n) is 1.000. The molecular formula is C8H6N6. The van der Waals surface area contributed by atoms with Crippen LogP contribution >= 0.6 is 0 Å². The second-order valence-electron chi connectivity index (χ2n) is 2.57. The fraction of sp³-hybridized carbons (Fsp3) is 0.125. The summed E-state index contributed by atoms with van der Waals surface area (Å²) in [6, 6.07) is 1.85. The van der Waals surface area contributed by atoms with E-state index in [2.05, 4.69) is 20.1 Å². The van der Waals surface area contributed by atoms with Gasteiger partial charge in [-0.05, 0) is 0 Å². The van der Waals surface area contributed by atoms with Crippen LogP contribution in [0.25, 0.3) is 0 Å². The Morgan fingerprint density at radius 1 is 1.36 bits per heavy atom. The zero-order valence-electron chi connectivity index (χ0n) is 7.20. The van der Waals surface area contributed by atoms with Gasteiger partial charge in [-0.25, -0.2) is 9.67 Å². The number of hydrogen-bond donors (Lipinski definition) is 0. The van der Waals surface area contributed by atoms with E-state index in [4.69, 9.17) is 5.26 Å². The third-order valence-corrected chi connectivity index (χ3v) is 1.58. The molecule has 0 saturated heterocycles. The highest BCUT2D eigenvalue weighted by atomic mass is 15.3. The highest BCUT2D eigenvalue weighted by Gasteiger charge is 2.00. The lowest BCUT2D eigenvalue weighted by molar-refractivity contribution is 0.665. The van der Waals surface area contributed by atoms with Crippen molar-refractivity contribution in [2.45, 2.75) is 6.54 Å². The van der Waals surface area contributed by atoms with E-state index in [1.807, 2.05) is 6.07 Å². The van der Waals surface area contributed by atoms with E-state index in [0.29, 0.717) is 6.54 Å². The maximum absolute atomic E-state index is 8.50. The lowest BCUT2D eigenvalue weighted by atomic mass is 10.4. The molecule has 68 valence electrons. The molecular weight excluding hydrogens is 180 g/mol. The molecule has 2 aromatic rings. The summed E-state index contributed by atoms with van der Waals surface area (Å²) in [5.74, 6) is 0.161. The Labute approximate surface area is 79.9 Å². The first-order valence-corrected chi connectivity index (χ1v) is 3.93. The molecule has 0 aliphatic heterocycles. The molecule has 0 atom stereocenters. The zero-order chi connectivity index (χ0) is 9.80. The highest BCUT2D eigenvalue weighted by Crippen LogP contribution is 1.94. The van der Waals surface area contributed by atoms with Crippen molar-refractivity contribution in [1.29, 1.82) is 5.26 Å². The molecule has 0 aliphatic rings. The van der Waals surface area contributed by atoms with Crippen LogP contribution in [0.5, 0.6) is 0 Å². The molecule has 2 heterocycles. The van der Waals surface area contributed by atoms with Crippen LogP contribution in [0.3, 0.4) is 0 Å². The Bertz CT molecular complexity index is 454. The van der Waals surface area contributed by atoms with Gasteiger partial charge < -0.3 is 0 Å². The topological polar surface area (TPSA) is 80.3 Å². The zero-order valence-corrected chi connectivity index (χ0v) is 7.20. The molecule has 0 aliphatic carbocycles. The van der Waals surface area contributed by atoms with Gasteiger partial charge in [-0.1, -0.05) is 0 Å². The van der Waals surface area contributed by atoms with Crippen LogP contribution in [0.4, 0.5) is 0 Å². The number of aromatic nitrogens is 5. The first kappa shape index (κ1) is 8.31. The maximum atomic E-state index is 8.50. The Hall–Kier alpha value is -2.29. The van der Waals surface area contributed by atoms with Gasteiger partial charge in [0.1, 0.15) is 12.4 Å². The van der Waals surface area contributed by atoms with Crippen LogP contribution in [0.2, 0.25) is 0 Å². The predicted molar refractivity (Wildman–Crippen MR) is 45.9 cm³/mol. The molecule has 0 bridgehead atoms. The van der Waals surface area contributed by atoms with Gasteiger partial charge in [0.2, 0.25) is 0 Å². The molecule has 0 aromatic carbocycles. The third kappa shape index (κ3) is 1.72. The van der Waals surface area contributed by atoms with Gasteiger partial charge in [0.05, 0.1) is 18.4 Å². The summed E-state index contributed by atoms with van der Waals surface area (Å²) in [6.07, 6.45) is 6.35. The Kier molecular flexibility index (Phi) is 2.15. The quantitative estimate of drug-likeness (QED) is 0.658. The van der Waals surface area contributed by atoms with Gasteiger partial charge in [0.15, 0.2) is 0 Å². The minimum Gasteiger partial charge on any atom is -0.261 e. The van der Waals surface area contributed by atoms with Crippen LogP contribution in [-0.2, 0) is 6.54 Å². The SMILES string of the molecule is N#Cc1ncn(Cc2cnccn2)n1. The summed E-state index contributed by atoms with van der Waals surface area (Å²) < 4.78 is 1.54. The molecule has 6 nitrogen and oxygen atoms in total. The normalized spacial score (nSPS) is 9.64. The maximum Gasteiger partial charge on any atom is 0.252 e. The summed E-state index contributed by atoms with van der Waals surface area (Å²) in [4.78, 5) is 11.8. The van der Waals surface area contributed by atoms with E-state index in [1.54, 1.807) is 23.3 Å². The van der Waals surface area contributed by atoms with E-state index in [0.717, 1.165) is 5.69 Å². The second-order valence-corrected chi connectivity index (χ2v) is 2.57. The molecule has 0 saturated carbocycles. The smallest absolute Gasteiger partial charge is 0.252 e. The summed E-state index contributed by atoms with van der Waals surface area (Å²) >= 11 is 0. The monoisotopic (exact) mass is 186 g/mol. The van der Waals surface area contributed by atoms with Crippen LogP contribution in [0.15, 0.2) is 24.9 Å². The average Bonchev–Trinajstić information content (AvgIpc) is 2.67. The Morgan fingerprint density at radius 2 is 2.29 bits per heavy atom.